The maximum atomic E-state index is 11.9. The van der Waals surface area contributed by atoms with E-state index in [2.05, 4.69) is 0 Å². The van der Waals surface area contributed by atoms with Crippen LogP contribution in [0.3, 0.4) is 0 Å². The zero-order valence-corrected chi connectivity index (χ0v) is 9.25. The van der Waals surface area contributed by atoms with E-state index in [0.717, 1.165) is 10.9 Å². The molecule has 0 bridgehead atoms. The smallest absolute Gasteiger partial charge is 0.325 e. The molecule has 0 amide bonds. The Kier molecular flexibility index (Phi) is 2.69. The van der Waals surface area contributed by atoms with Crippen molar-refractivity contribution in [2.24, 2.45) is 12.8 Å². The van der Waals surface area contributed by atoms with Crippen LogP contribution in [0.15, 0.2) is 35.1 Å². The van der Waals surface area contributed by atoms with Gasteiger partial charge in [0.1, 0.15) is 6.04 Å². The van der Waals surface area contributed by atoms with E-state index in [9.17, 15) is 9.59 Å². The monoisotopic (exact) mass is 232 g/mol. The second-order valence-electron chi connectivity index (χ2n) is 3.84. The number of hydrogen-bond donors (Lipinski definition) is 2. The summed E-state index contributed by atoms with van der Waals surface area (Å²) < 4.78 is 1.41. The zero-order valence-electron chi connectivity index (χ0n) is 9.25. The van der Waals surface area contributed by atoms with E-state index in [4.69, 9.17) is 10.8 Å². The number of nitrogens with two attached hydrogens (primary N) is 1. The summed E-state index contributed by atoms with van der Waals surface area (Å²) in [6.45, 7) is 0. The molecule has 5 nitrogen and oxygen atoms in total. The molecule has 0 aliphatic heterocycles. The highest BCUT2D eigenvalue weighted by molar-refractivity contribution is 5.82. The highest BCUT2D eigenvalue weighted by Gasteiger charge is 2.19. The first-order chi connectivity index (χ1) is 8.02. The molecule has 0 aliphatic carbocycles. The average molecular weight is 232 g/mol. The second-order valence-corrected chi connectivity index (χ2v) is 3.84. The molecule has 0 saturated heterocycles. The molecule has 3 N–H and O–H groups in total. The number of carbonyl (C=O) groups is 1. The lowest BCUT2D eigenvalue weighted by molar-refractivity contribution is -0.138. The van der Waals surface area contributed by atoms with Crippen LogP contribution in [0.2, 0.25) is 0 Å². The highest BCUT2D eigenvalue weighted by atomic mass is 16.4. The molecule has 0 radical (unpaired) electrons. The lowest BCUT2D eigenvalue weighted by Gasteiger charge is -2.11. The van der Waals surface area contributed by atoms with Gasteiger partial charge in [-0.2, -0.15) is 0 Å². The number of aromatic nitrogens is 1. The molecular formula is C12H12N2O3. The Hall–Kier alpha value is -2.14. The third-order valence-electron chi connectivity index (χ3n) is 2.76. The van der Waals surface area contributed by atoms with Crippen LogP contribution in [0.25, 0.3) is 10.9 Å². The molecule has 0 unspecified atom stereocenters. The van der Waals surface area contributed by atoms with Gasteiger partial charge < -0.3 is 15.4 Å². The molecule has 0 fully saturated rings. The largest absolute Gasteiger partial charge is 0.480 e. The molecule has 1 aromatic carbocycles. The number of aryl methyl sites for hydroxylation is 1. The maximum Gasteiger partial charge on any atom is 0.325 e. The second kappa shape index (κ2) is 4.03. The van der Waals surface area contributed by atoms with Crippen LogP contribution in [-0.4, -0.2) is 15.6 Å². The quantitative estimate of drug-likeness (QED) is 0.795. The Morgan fingerprint density at radius 2 is 2.06 bits per heavy atom. The molecule has 0 aliphatic rings. The minimum atomic E-state index is -1.29. The van der Waals surface area contributed by atoms with Gasteiger partial charge >= 0.3 is 5.97 Å². The summed E-state index contributed by atoms with van der Waals surface area (Å²) in [5.41, 5.74) is 5.95. The number of aliphatic carboxylic acids is 1. The Morgan fingerprint density at radius 3 is 2.71 bits per heavy atom. The Bertz CT molecular complexity index is 646. The topological polar surface area (TPSA) is 85.3 Å². The van der Waals surface area contributed by atoms with E-state index in [-0.39, 0.29) is 11.1 Å². The van der Waals surface area contributed by atoms with Gasteiger partial charge in [-0.25, -0.2) is 0 Å². The van der Waals surface area contributed by atoms with Crippen LogP contribution in [0, 0.1) is 0 Å². The van der Waals surface area contributed by atoms with Crippen molar-refractivity contribution in [2.45, 2.75) is 6.04 Å². The van der Waals surface area contributed by atoms with Crippen molar-refractivity contribution in [1.82, 2.24) is 4.57 Å². The summed E-state index contributed by atoms with van der Waals surface area (Å²) in [6, 6.07) is 7.50. The predicted octanol–water partition coefficient (Wildman–Crippen LogP) is 0.623. The lowest BCUT2D eigenvalue weighted by Crippen LogP contribution is -2.31. The van der Waals surface area contributed by atoms with E-state index in [1.165, 1.54) is 10.6 Å². The van der Waals surface area contributed by atoms with Gasteiger partial charge in [0.2, 0.25) is 0 Å². The minimum Gasteiger partial charge on any atom is -0.480 e. The summed E-state index contributed by atoms with van der Waals surface area (Å²) in [5.74, 6) is -1.21. The summed E-state index contributed by atoms with van der Waals surface area (Å²) in [6.07, 6.45) is 0. The number of para-hydroxylation sites is 1. The van der Waals surface area contributed by atoms with Gasteiger partial charge in [0, 0.05) is 12.6 Å². The van der Waals surface area contributed by atoms with Crippen molar-refractivity contribution in [1.29, 1.82) is 0 Å². The van der Waals surface area contributed by atoms with Crippen LogP contribution in [0.4, 0.5) is 0 Å². The number of rotatable bonds is 2. The molecule has 1 heterocycles. The molecule has 0 saturated carbocycles. The van der Waals surface area contributed by atoms with Crippen LogP contribution in [0.5, 0.6) is 0 Å². The summed E-state index contributed by atoms with van der Waals surface area (Å²) >= 11 is 0. The van der Waals surface area contributed by atoms with E-state index >= 15 is 0 Å². The molecule has 2 rings (SSSR count). The third kappa shape index (κ3) is 1.81. The number of fused-ring (bicyclic) bond motifs is 1. The molecular weight excluding hydrogens is 220 g/mol. The fourth-order valence-corrected chi connectivity index (χ4v) is 1.80. The molecule has 5 heteroatoms. The van der Waals surface area contributed by atoms with E-state index in [1.54, 1.807) is 13.1 Å². The fourth-order valence-electron chi connectivity index (χ4n) is 1.80. The van der Waals surface area contributed by atoms with Crippen molar-refractivity contribution in [3.05, 3.63) is 46.2 Å². The van der Waals surface area contributed by atoms with Gasteiger partial charge in [-0.15, -0.1) is 0 Å². The van der Waals surface area contributed by atoms with Crippen LogP contribution in [-0.2, 0) is 11.8 Å². The predicted molar refractivity (Wildman–Crippen MR) is 63.8 cm³/mol. The molecule has 0 spiro atoms. The number of carboxylic acid groups (broad SMARTS) is 1. The molecule has 88 valence electrons. The summed E-state index contributed by atoms with van der Waals surface area (Å²) in [5, 5.41) is 9.64. The van der Waals surface area contributed by atoms with Crippen molar-refractivity contribution < 1.29 is 9.90 Å². The van der Waals surface area contributed by atoms with Crippen molar-refractivity contribution in [3.63, 3.8) is 0 Å². The molecule has 2 aromatic rings. The van der Waals surface area contributed by atoms with Crippen LogP contribution < -0.4 is 11.3 Å². The summed E-state index contributed by atoms with van der Waals surface area (Å²) in [4.78, 5) is 22.8. The molecule has 1 aromatic heterocycles. The van der Waals surface area contributed by atoms with Crippen molar-refractivity contribution >= 4 is 16.9 Å². The van der Waals surface area contributed by atoms with Gasteiger partial charge in [0.05, 0.1) is 5.52 Å². The standard InChI is InChI=1S/C12H12N2O3/c1-14-9-5-3-2-4-7(9)6-8(11(14)15)10(13)12(16)17/h2-6,10H,13H2,1H3,(H,16,17)/t10-/m1/s1. The summed E-state index contributed by atoms with van der Waals surface area (Å²) in [7, 11) is 1.60. The highest BCUT2D eigenvalue weighted by Crippen LogP contribution is 2.15. The van der Waals surface area contributed by atoms with E-state index < -0.39 is 12.0 Å². The minimum absolute atomic E-state index is 0.0960. The molecule has 1 atom stereocenters. The van der Waals surface area contributed by atoms with Gasteiger partial charge in [-0.3, -0.25) is 9.59 Å². The van der Waals surface area contributed by atoms with E-state index in [1.807, 2.05) is 18.2 Å². The number of nitrogens with zero attached hydrogens (tertiary/aromatic N) is 1. The first-order valence-electron chi connectivity index (χ1n) is 5.09. The Labute approximate surface area is 97.1 Å². The van der Waals surface area contributed by atoms with Crippen LogP contribution >= 0.6 is 0 Å². The van der Waals surface area contributed by atoms with Gasteiger partial charge in [0.15, 0.2) is 0 Å². The first-order valence-corrected chi connectivity index (χ1v) is 5.09. The zero-order chi connectivity index (χ0) is 12.6. The number of pyridine rings is 1. The normalized spacial score (nSPS) is 12.6. The van der Waals surface area contributed by atoms with Crippen molar-refractivity contribution in [2.75, 3.05) is 0 Å². The Morgan fingerprint density at radius 1 is 1.41 bits per heavy atom. The first kappa shape index (κ1) is 11.3. The lowest BCUT2D eigenvalue weighted by atomic mass is 10.1. The van der Waals surface area contributed by atoms with Gasteiger partial charge in [0.25, 0.3) is 5.56 Å². The molecule has 17 heavy (non-hydrogen) atoms. The SMILES string of the molecule is Cn1c(=O)c([C@@H](N)C(=O)O)cc2ccccc21. The van der Waals surface area contributed by atoms with Gasteiger partial charge in [-0.05, 0) is 17.5 Å². The number of carboxylic acids is 1. The number of hydrogen-bond acceptors (Lipinski definition) is 3. The van der Waals surface area contributed by atoms with Crippen molar-refractivity contribution in [3.8, 4) is 0 Å². The number of benzene rings is 1. The Balaban J connectivity index is 2.79. The van der Waals surface area contributed by atoms with Gasteiger partial charge in [-0.1, -0.05) is 18.2 Å². The van der Waals surface area contributed by atoms with E-state index in [0.29, 0.717) is 0 Å². The van der Waals surface area contributed by atoms with Crippen LogP contribution in [0.1, 0.15) is 11.6 Å². The maximum absolute atomic E-state index is 11.9. The third-order valence-corrected chi connectivity index (χ3v) is 2.76. The average Bonchev–Trinajstić information content (AvgIpc) is 2.33. The fraction of sp³-hybridized carbons (Fsp3) is 0.167.